The maximum atomic E-state index is 11.3. The highest BCUT2D eigenvalue weighted by molar-refractivity contribution is 5.84. The van der Waals surface area contributed by atoms with Gasteiger partial charge in [0.2, 0.25) is 5.91 Å². The quantitative estimate of drug-likeness (QED) is 0.288. The lowest BCUT2D eigenvalue weighted by Gasteiger charge is -2.35. The molecule has 3 N–H and O–H groups in total. The van der Waals surface area contributed by atoms with E-state index in [4.69, 9.17) is 16.0 Å². The van der Waals surface area contributed by atoms with Gasteiger partial charge in [0.05, 0.1) is 0 Å². The summed E-state index contributed by atoms with van der Waals surface area (Å²) in [4.78, 5) is 14.0. The summed E-state index contributed by atoms with van der Waals surface area (Å²) >= 11 is 0. The van der Waals surface area contributed by atoms with Crippen molar-refractivity contribution in [1.29, 1.82) is 0 Å². The normalized spacial score (nSPS) is 19.2. The number of carbonyl (C=O) groups is 1. The zero-order chi connectivity index (χ0) is 11.1. The molecule has 7 heteroatoms. The molecule has 1 rings (SSSR count). The zero-order valence-corrected chi connectivity index (χ0v) is 8.48. The topological polar surface area (TPSA) is 113 Å². The number of nitrogens with two attached hydrogens (primary N) is 1. The van der Waals surface area contributed by atoms with E-state index in [2.05, 4.69) is 15.3 Å². The van der Waals surface area contributed by atoms with E-state index in [0.717, 1.165) is 0 Å². The molecule has 15 heavy (non-hydrogen) atoms. The van der Waals surface area contributed by atoms with Crippen LogP contribution in [0.15, 0.2) is 5.11 Å². The van der Waals surface area contributed by atoms with E-state index in [9.17, 15) is 4.79 Å². The van der Waals surface area contributed by atoms with Crippen LogP contribution in [0, 0.1) is 0 Å². The minimum Gasteiger partial charge on any atom is -0.381 e. The number of primary amides is 1. The van der Waals surface area contributed by atoms with E-state index < -0.39 is 5.54 Å². The van der Waals surface area contributed by atoms with Crippen LogP contribution in [-0.4, -0.2) is 37.7 Å². The van der Waals surface area contributed by atoms with E-state index in [1.807, 2.05) is 0 Å². The third-order valence-corrected chi connectivity index (χ3v) is 2.56. The highest BCUT2D eigenvalue weighted by atomic mass is 16.5. The summed E-state index contributed by atoms with van der Waals surface area (Å²) in [6, 6.07) is 0. The Morgan fingerprint density at radius 1 is 1.60 bits per heavy atom. The number of ether oxygens (including phenoxy) is 1. The number of azide groups is 1. The van der Waals surface area contributed by atoms with Crippen molar-refractivity contribution in [3.63, 3.8) is 0 Å². The number of carbonyl (C=O) groups excluding carboxylic acids is 1. The second kappa shape index (κ2) is 5.55. The Morgan fingerprint density at radius 3 is 2.80 bits per heavy atom. The molecule has 84 valence electrons. The van der Waals surface area contributed by atoms with E-state index in [1.54, 1.807) is 0 Å². The minimum atomic E-state index is -0.691. The van der Waals surface area contributed by atoms with Crippen molar-refractivity contribution in [2.75, 3.05) is 26.3 Å². The highest BCUT2D eigenvalue weighted by Crippen LogP contribution is 2.19. The Hall–Kier alpha value is -1.30. The molecule has 1 saturated heterocycles. The smallest absolute Gasteiger partial charge is 0.237 e. The van der Waals surface area contributed by atoms with Crippen LogP contribution in [0.4, 0.5) is 0 Å². The zero-order valence-electron chi connectivity index (χ0n) is 8.48. The molecule has 1 aliphatic heterocycles. The summed E-state index contributed by atoms with van der Waals surface area (Å²) in [7, 11) is 0. The lowest BCUT2D eigenvalue weighted by Crippen LogP contribution is -2.58. The summed E-state index contributed by atoms with van der Waals surface area (Å²) in [5.41, 5.74) is 12.8. The van der Waals surface area contributed by atoms with Gasteiger partial charge in [-0.1, -0.05) is 5.11 Å². The first kappa shape index (κ1) is 11.8. The number of hydrogen-bond acceptors (Lipinski definition) is 4. The number of hydrogen-bond donors (Lipinski definition) is 2. The average molecular weight is 213 g/mol. The maximum Gasteiger partial charge on any atom is 0.237 e. The predicted molar refractivity (Wildman–Crippen MR) is 54.0 cm³/mol. The molecule has 0 radical (unpaired) electrons. The summed E-state index contributed by atoms with van der Waals surface area (Å²) in [6.45, 7) is 1.81. The van der Waals surface area contributed by atoms with Gasteiger partial charge >= 0.3 is 0 Å². The van der Waals surface area contributed by atoms with Gasteiger partial charge in [-0.05, 0) is 18.4 Å². The van der Waals surface area contributed by atoms with Crippen molar-refractivity contribution in [2.45, 2.75) is 18.4 Å². The molecule has 0 unspecified atom stereocenters. The molecule has 0 bridgehead atoms. The summed E-state index contributed by atoms with van der Waals surface area (Å²) in [5.74, 6) is -0.369. The standard InChI is InChI=1S/C8H15N5O2/c9-7(14)8(1-5-15-6-2-8)11-3-4-12-13-10/h11H,1-6H2,(H2,9,14). The van der Waals surface area contributed by atoms with Crippen molar-refractivity contribution >= 4 is 5.91 Å². The average Bonchev–Trinajstić information content (AvgIpc) is 2.26. The van der Waals surface area contributed by atoms with E-state index >= 15 is 0 Å². The first-order valence-corrected chi connectivity index (χ1v) is 4.85. The minimum absolute atomic E-state index is 0.312. The third-order valence-electron chi connectivity index (χ3n) is 2.56. The molecule has 1 fully saturated rings. The molecule has 1 heterocycles. The lowest BCUT2D eigenvalue weighted by atomic mass is 9.89. The number of nitrogens with one attached hydrogen (secondary N) is 1. The largest absolute Gasteiger partial charge is 0.381 e. The van der Waals surface area contributed by atoms with E-state index in [0.29, 0.717) is 39.1 Å². The van der Waals surface area contributed by atoms with Gasteiger partial charge < -0.3 is 15.8 Å². The summed E-state index contributed by atoms with van der Waals surface area (Å²) < 4.78 is 5.17. The fourth-order valence-corrected chi connectivity index (χ4v) is 1.62. The van der Waals surface area contributed by atoms with Crippen LogP contribution in [-0.2, 0) is 9.53 Å². The van der Waals surface area contributed by atoms with Gasteiger partial charge in [-0.15, -0.1) is 0 Å². The lowest BCUT2D eigenvalue weighted by molar-refractivity contribution is -0.128. The van der Waals surface area contributed by atoms with Crippen LogP contribution in [0.25, 0.3) is 10.4 Å². The molecule has 0 aliphatic carbocycles. The molecular weight excluding hydrogens is 198 g/mol. The number of nitrogens with zero attached hydrogens (tertiary/aromatic N) is 3. The van der Waals surface area contributed by atoms with Crippen LogP contribution in [0.2, 0.25) is 0 Å². The third kappa shape index (κ3) is 3.09. The molecule has 7 nitrogen and oxygen atoms in total. The molecule has 0 saturated carbocycles. The number of amides is 1. The van der Waals surface area contributed by atoms with Crippen molar-refractivity contribution in [2.24, 2.45) is 10.8 Å². The van der Waals surface area contributed by atoms with Gasteiger partial charge in [-0.3, -0.25) is 4.79 Å². The molecule has 0 spiro atoms. The predicted octanol–water partition coefficient (Wildman–Crippen LogP) is -0.0792. The fraction of sp³-hybridized carbons (Fsp3) is 0.875. The van der Waals surface area contributed by atoms with Gasteiger partial charge in [0.25, 0.3) is 0 Å². The molecular formula is C8H15N5O2. The Morgan fingerprint density at radius 2 is 2.27 bits per heavy atom. The first-order chi connectivity index (χ1) is 7.21. The molecule has 0 aromatic heterocycles. The summed E-state index contributed by atoms with van der Waals surface area (Å²) in [5, 5.41) is 6.43. The monoisotopic (exact) mass is 213 g/mol. The SMILES string of the molecule is [N-]=[N+]=NCCNC1(C(N)=O)CCOCC1. The molecule has 0 aromatic rings. The van der Waals surface area contributed by atoms with Crippen LogP contribution in [0.1, 0.15) is 12.8 Å². The second-order valence-electron chi connectivity index (χ2n) is 3.44. The van der Waals surface area contributed by atoms with Crippen LogP contribution < -0.4 is 11.1 Å². The van der Waals surface area contributed by atoms with E-state index in [-0.39, 0.29) is 5.91 Å². The molecule has 1 amide bonds. The van der Waals surface area contributed by atoms with Crippen molar-refractivity contribution in [3.05, 3.63) is 10.4 Å². The van der Waals surface area contributed by atoms with Gasteiger partial charge in [0.1, 0.15) is 5.54 Å². The van der Waals surface area contributed by atoms with Crippen molar-refractivity contribution in [1.82, 2.24) is 5.32 Å². The molecule has 1 aliphatic rings. The summed E-state index contributed by atoms with van der Waals surface area (Å²) in [6.07, 6.45) is 1.14. The Bertz CT molecular complexity index is 268. The van der Waals surface area contributed by atoms with Gasteiger partial charge in [-0.25, -0.2) is 0 Å². The van der Waals surface area contributed by atoms with Crippen LogP contribution in [0.5, 0.6) is 0 Å². The Balaban J connectivity index is 2.49. The van der Waals surface area contributed by atoms with Crippen LogP contribution >= 0.6 is 0 Å². The van der Waals surface area contributed by atoms with Crippen molar-refractivity contribution in [3.8, 4) is 0 Å². The first-order valence-electron chi connectivity index (χ1n) is 4.85. The molecule has 0 atom stereocenters. The van der Waals surface area contributed by atoms with E-state index in [1.165, 1.54) is 0 Å². The fourth-order valence-electron chi connectivity index (χ4n) is 1.62. The highest BCUT2D eigenvalue weighted by Gasteiger charge is 2.37. The molecule has 0 aromatic carbocycles. The Kier molecular flexibility index (Phi) is 4.36. The van der Waals surface area contributed by atoms with Crippen LogP contribution in [0.3, 0.4) is 0 Å². The van der Waals surface area contributed by atoms with Gasteiger partial charge in [-0.2, -0.15) is 0 Å². The number of rotatable bonds is 5. The Labute approximate surface area is 87.6 Å². The van der Waals surface area contributed by atoms with Gasteiger partial charge in [0.15, 0.2) is 0 Å². The van der Waals surface area contributed by atoms with Gasteiger partial charge in [0, 0.05) is 31.2 Å². The second-order valence-corrected chi connectivity index (χ2v) is 3.44. The van der Waals surface area contributed by atoms with Crippen molar-refractivity contribution < 1.29 is 9.53 Å². The maximum absolute atomic E-state index is 11.3.